The maximum absolute atomic E-state index is 12.9. The second-order valence-electron chi connectivity index (χ2n) is 6.60. The van der Waals surface area contributed by atoms with Gasteiger partial charge in [0.05, 0.1) is 0 Å². The molecule has 1 atom stereocenters. The molecule has 2 rings (SSSR count). The molecule has 106 valence electrons. The summed E-state index contributed by atoms with van der Waals surface area (Å²) in [5.74, 6) is 0.652. The van der Waals surface area contributed by atoms with Crippen molar-refractivity contribution in [3.05, 3.63) is 0 Å². The molecule has 18 heavy (non-hydrogen) atoms. The fourth-order valence-electron chi connectivity index (χ4n) is 3.08. The van der Waals surface area contributed by atoms with Crippen molar-refractivity contribution < 1.29 is 13.2 Å². The molecule has 1 saturated carbocycles. The van der Waals surface area contributed by atoms with Gasteiger partial charge in [0.25, 0.3) is 0 Å². The van der Waals surface area contributed by atoms with Gasteiger partial charge in [-0.15, -0.1) is 0 Å². The quantitative estimate of drug-likeness (QED) is 0.717. The van der Waals surface area contributed by atoms with E-state index >= 15 is 0 Å². The van der Waals surface area contributed by atoms with Crippen LogP contribution in [-0.4, -0.2) is 30.2 Å². The highest BCUT2D eigenvalue weighted by Gasteiger charge is 2.50. The van der Waals surface area contributed by atoms with Crippen molar-refractivity contribution in [2.75, 3.05) is 13.1 Å². The van der Waals surface area contributed by atoms with Crippen molar-refractivity contribution in [3.8, 4) is 0 Å². The highest BCUT2D eigenvalue weighted by atomic mass is 19.4. The van der Waals surface area contributed by atoms with E-state index in [1.807, 2.05) is 0 Å². The Kier molecular flexibility index (Phi) is 3.96. The van der Waals surface area contributed by atoms with Crippen molar-refractivity contribution in [1.82, 2.24) is 4.90 Å². The molecule has 1 unspecified atom stereocenters. The largest absolute Gasteiger partial charge is 0.404 e. The van der Waals surface area contributed by atoms with E-state index in [9.17, 15) is 13.2 Å². The van der Waals surface area contributed by atoms with Crippen molar-refractivity contribution in [2.24, 2.45) is 11.3 Å². The normalized spacial score (nSPS) is 28.0. The summed E-state index contributed by atoms with van der Waals surface area (Å²) in [5, 5.41) is 0. The van der Waals surface area contributed by atoms with Gasteiger partial charge in [-0.05, 0) is 50.0 Å². The standard InChI is InChI=1S/C14H24F3N/c1-11(2)5-6-13(7-8-13)10-18-9-3-4-12(18)14(15,16)17/h11-12H,3-10H2,1-2H3. The van der Waals surface area contributed by atoms with Crippen LogP contribution >= 0.6 is 0 Å². The van der Waals surface area contributed by atoms with E-state index in [2.05, 4.69) is 13.8 Å². The van der Waals surface area contributed by atoms with Crippen LogP contribution in [0.1, 0.15) is 52.4 Å². The first kappa shape index (κ1) is 14.2. The third-order valence-corrected chi connectivity index (χ3v) is 4.49. The predicted molar refractivity (Wildman–Crippen MR) is 66.4 cm³/mol. The molecule has 0 radical (unpaired) electrons. The maximum Gasteiger partial charge on any atom is 0.404 e. The highest BCUT2D eigenvalue weighted by molar-refractivity contribution is 4.98. The molecular weight excluding hydrogens is 239 g/mol. The first-order chi connectivity index (χ1) is 8.32. The van der Waals surface area contributed by atoms with Gasteiger partial charge in [-0.1, -0.05) is 20.3 Å². The van der Waals surface area contributed by atoms with Crippen LogP contribution in [0.25, 0.3) is 0 Å². The lowest BCUT2D eigenvalue weighted by Crippen LogP contribution is -2.43. The van der Waals surface area contributed by atoms with Gasteiger partial charge in [0.15, 0.2) is 0 Å². The summed E-state index contributed by atoms with van der Waals surface area (Å²) in [6, 6.07) is -1.17. The number of likely N-dealkylation sites (tertiary alicyclic amines) is 1. The van der Waals surface area contributed by atoms with E-state index in [0.717, 1.165) is 25.7 Å². The zero-order chi connectivity index (χ0) is 13.4. The summed E-state index contributed by atoms with van der Waals surface area (Å²) in [4.78, 5) is 1.70. The Hall–Kier alpha value is -0.250. The van der Waals surface area contributed by atoms with E-state index in [-0.39, 0.29) is 5.41 Å². The van der Waals surface area contributed by atoms with Gasteiger partial charge in [0.2, 0.25) is 0 Å². The molecule has 0 bridgehead atoms. The summed E-state index contributed by atoms with van der Waals surface area (Å²) in [7, 11) is 0. The van der Waals surface area contributed by atoms with Gasteiger partial charge in [-0.2, -0.15) is 13.2 Å². The summed E-state index contributed by atoms with van der Waals surface area (Å²) in [6.45, 7) is 5.67. The van der Waals surface area contributed by atoms with Crippen LogP contribution in [0.4, 0.5) is 13.2 Å². The first-order valence-corrected chi connectivity index (χ1v) is 7.13. The molecule has 1 aliphatic carbocycles. The smallest absolute Gasteiger partial charge is 0.292 e. The molecule has 2 fully saturated rings. The van der Waals surface area contributed by atoms with Gasteiger partial charge in [-0.3, -0.25) is 4.90 Å². The summed E-state index contributed by atoms with van der Waals surface area (Å²) in [6.07, 6.45) is 1.46. The number of alkyl halides is 3. The average Bonchev–Trinajstić information content (AvgIpc) is 2.82. The van der Waals surface area contributed by atoms with Crippen LogP contribution in [0.2, 0.25) is 0 Å². The molecule has 1 nitrogen and oxygen atoms in total. The molecule has 1 heterocycles. The van der Waals surface area contributed by atoms with Crippen molar-refractivity contribution in [2.45, 2.75) is 64.6 Å². The number of nitrogens with zero attached hydrogens (tertiary/aromatic N) is 1. The van der Waals surface area contributed by atoms with Crippen LogP contribution in [0.3, 0.4) is 0 Å². The second-order valence-corrected chi connectivity index (χ2v) is 6.60. The Morgan fingerprint density at radius 2 is 1.94 bits per heavy atom. The van der Waals surface area contributed by atoms with Gasteiger partial charge < -0.3 is 0 Å². The van der Waals surface area contributed by atoms with E-state index < -0.39 is 12.2 Å². The number of halogens is 3. The molecule has 4 heteroatoms. The van der Waals surface area contributed by atoms with Crippen molar-refractivity contribution >= 4 is 0 Å². The third-order valence-electron chi connectivity index (χ3n) is 4.49. The van der Waals surface area contributed by atoms with E-state index in [1.54, 1.807) is 4.90 Å². The topological polar surface area (TPSA) is 3.24 Å². The molecule has 1 saturated heterocycles. The molecule has 0 N–H and O–H groups in total. The Morgan fingerprint density at radius 1 is 1.28 bits per heavy atom. The van der Waals surface area contributed by atoms with Gasteiger partial charge in [0, 0.05) is 6.54 Å². The molecule has 0 amide bonds. The lowest BCUT2D eigenvalue weighted by Gasteiger charge is -2.30. The molecule has 0 aromatic rings. The van der Waals surface area contributed by atoms with Crippen molar-refractivity contribution in [3.63, 3.8) is 0 Å². The summed E-state index contributed by atoms with van der Waals surface area (Å²) < 4.78 is 38.6. The zero-order valence-electron chi connectivity index (χ0n) is 11.4. The Balaban J connectivity index is 1.89. The number of hydrogen-bond acceptors (Lipinski definition) is 1. The minimum absolute atomic E-state index is 0.220. The molecule has 0 spiro atoms. The lowest BCUT2D eigenvalue weighted by atomic mass is 9.94. The van der Waals surface area contributed by atoms with Crippen LogP contribution in [0.15, 0.2) is 0 Å². The highest BCUT2D eigenvalue weighted by Crippen LogP contribution is 2.52. The van der Waals surface area contributed by atoms with Crippen LogP contribution in [0, 0.1) is 11.3 Å². The molecule has 1 aliphatic heterocycles. The first-order valence-electron chi connectivity index (χ1n) is 7.13. The minimum atomic E-state index is -4.04. The molecule has 2 aliphatic rings. The predicted octanol–water partition coefficient (Wildman–Crippen LogP) is 4.23. The van der Waals surface area contributed by atoms with Crippen LogP contribution in [0.5, 0.6) is 0 Å². The average molecular weight is 263 g/mol. The number of rotatable bonds is 5. The van der Waals surface area contributed by atoms with Crippen molar-refractivity contribution in [1.29, 1.82) is 0 Å². The summed E-state index contributed by atoms with van der Waals surface area (Å²) in [5.41, 5.74) is 0.220. The maximum atomic E-state index is 12.9. The SMILES string of the molecule is CC(C)CCC1(CN2CCCC2C(F)(F)F)CC1. The Morgan fingerprint density at radius 3 is 2.44 bits per heavy atom. The van der Waals surface area contributed by atoms with E-state index in [0.29, 0.717) is 31.8 Å². The fourth-order valence-corrected chi connectivity index (χ4v) is 3.08. The zero-order valence-corrected chi connectivity index (χ0v) is 11.4. The number of hydrogen-bond donors (Lipinski definition) is 0. The fraction of sp³-hybridized carbons (Fsp3) is 1.00. The van der Waals surface area contributed by atoms with Gasteiger partial charge in [-0.25, -0.2) is 0 Å². The molecule has 0 aromatic carbocycles. The summed E-state index contributed by atoms with van der Waals surface area (Å²) >= 11 is 0. The Labute approximate surface area is 108 Å². The van der Waals surface area contributed by atoms with Crippen LogP contribution in [-0.2, 0) is 0 Å². The minimum Gasteiger partial charge on any atom is -0.292 e. The van der Waals surface area contributed by atoms with E-state index in [4.69, 9.17) is 0 Å². The van der Waals surface area contributed by atoms with Gasteiger partial charge in [0.1, 0.15) is 6.04 Å². The second kappa shape index (κ2) is 5.03. The van der Waals surface area contributed by atoms with E-state index in [1.165, 1.54) is 0 Å². The Bertz CT molecular complexity index is 281. The van der Waals surface area contributed by atoms with Gasteiger partial charge >= 0.3 is 6.18 Å². The lowest BCUT2D eigenvalue weighted by molar-refractivity contribution is -0.177. The molecular formula is C14H24F3N. The monoisotopic (exact) mass is 263 g/mol. The third kappa shape index (κ3) is 3.40. The van der Waals surface area contributed by atoms with Crippen LogP contribution < -0.4 is 0 Å². The molecule has 0 aromatic heterocycles.